The summed E-state index contributed by atoms with van der Waals surface area (Å²) in [6.07, 6.45) is -0.853. The van der Waals surface area contributed by atoms with Crippen molar-refractivity contribution < 1.29 is 28.9 Å². The number of rotatable bonds is 4. The summed E-state index contributed by atoms with van der Waals surface area (Å²) in [7, 11) is 0. The fraction of sp³-hybridized carbons (Fsp3) is 0.385. The third kappa shape index (κ3) is 3.70. The SMILES string of the molecule is O=C(O)[C@@H]1C[C@H](O)CN1C(=O)COc1ccc(F)cc1Br. The number of aliphatic carboxylic acids is 1. The number of ether oxygens (including phenoxy) is 1. The van der Waals surface area contributed by atoms with Gasteiger partial charge in [0.1, 0.15) is 17.6 Å². The van der Waals surface area contributed by atoms with Crippen molar-refractivity contribution in [3.63, 3.8) is 0 Å². The van der Waals surface area contributed by atoms with Gasteiger partial charge in [-0.05, 0) is 34.1 Å². The first-order chi connectivity index (χ1) is 9.88. The number of carbonyl (C=O) groups is 2. The van der Waals surface area contributed by atoms with Crippen molar-refractivity contribution in [2.45, 2.75) is 18.6 Å². The molecule has 1 aliphatic heterocycles. The Hall–Kier alpha value is -1.67. The zero-order valence-electron chi connectivity index (χ0n) is 10.8. The highest BCUT2D eigenvalue weighted by molar-refractivity contribution is 9.10. The Morgan fingerprint density at radius 2 is 2.19 bits per heavy atom. The minimum absolute atomic E-state index is 0.00131. The molecule has 1 heterocycles. The molecule has 0 saturated carbocycles. The molecule has 1 aromatic carbocycles. The molecule has 114 valence electrons. The number of β-amino-alcohol motifs (C(OH)–C–C–N with tert-alkyl or cyclic N) is 1. The minimum atomic E-state index is -1.16. The van der Waals surface area contributed by atoms with Crippen molar-refractivity contribution in [1.82, 2.24) is 4.90 Å². The first kappa shape index (κ1) is 15.7. The van der Waals surface area contributed by atoms with E-state index >= 15 is 0 Å². The molecule has 21 heavy (non-hydrogen) atoms. The standard InChI is InChI=1S/C13H13BrFNO5/c14-9-3-7(15)1-2-11(9)21-6-12(18)16-5-8(17)4-10(16)13(19)20/h1-3,8,10,17H,4-6H2,(H,19,20)/t8-,10-/m0/s1. The molecule has 0 unspecified atom stereocenters. The molecule has 1 amide bonds. The topological polar surface area (TPSA) is 87.1 Å². The molecular formula is C13H13BrFNO5. The predicted octanol–water partition coefficient (Wildman–Crippen LogP) is 1.01. The molecule has 0 aliphatic carbocycles. The summed E-state index contributed by atoms with van der Waals surface area (Å²) >= 11 is 3.10. The maximum absolute atomic E-state index is 12.9. The van der Waals surface area contributed by atoms with E-state index in [0.717, 1.165) is 4.90 Å². The number of benzene rings is 1. The van der Waals surface area contributed by atoms with Crippen LogP contribution in [0.2, 0.25) is 0 Å². The van der Waals surface area contributed by atoms with E-state index in [2.05, 4.69) is 15.9 Å². The van der Waals surface area contributed by atoms with Crippen LogP contribution in [0.5, 0.6) is 5.75 Å². The van der Waals surface area contributed by atoms with Crippen molar-refractivity contribution in [2.75, 3.05) is 13.2 Å². The van der Waals surface area contributed by atoms with Crippen molar-refractivity contribution in [2.24, 2.45) is 0 Å². The zero-order chi connectivity index (χ0) is 15.6. The van der Waals surface area contributed by atoms with Gasteiger partial charge in [-0.3, -0.25) is 4.79 Å². The van der Waals surface area contributed by atoms with Crippen LogP contribution < -0.4 is 4.74 Å². The van der Waals surface area contributed by atoms with Gasteiger partial charge in [0.2, 0.25) is 0 Å². The molecule has 1 saturated heterocycles. The van der Waals surface area contributed by atoms with E-state index < -0.39 is 29.8 Å². The smallest absolute Gasteiger partial charge is 0.326 e. The summed E-state index contributed by atoms with van der Waals surface area (Å²) < 4.78 is 18.5. The quantitative estimate of drug-likeness (QED) is 0.835. The first-order valence-corrected chi connectivity index (χ1v) is 6.96. The van der Waals surface area contributed by atoms with E-state index in [1.54, 1.807) is 0 Å². The normalized spacial score (nSPS) is 21.4. The maximum atomic E-state index is 12.9. The van der Waals surface area contributed by atoms with Gasteiger partial charge in [0.25, 0.3) is 5.91 Å². The number of halogens is 2. The number of nitrogens with zero attached hydrogens (tertiary/aromatic N) is 1. The third-order valence-corrected chi connectivity index (χ3v) is 3.75. The number of carbonyl (C=O) groups excluding carboxylic acids is 1. The molecule has 1 aromatic rings. The van der Waals surface area contributed by atoms with Gasteiger partial charge in [-0.2, -0.15) is 0 Å². The lowest BCUT2D eigenvalue weighted by Crippen LogP contribution is -2.42. The highest BCUT2D eigenvalue weighted by Gasteiger charge is 2.38. The first-order valence-electron chi connectivity index (χ1n) is 6.16. The summed E-state index contributed by atoms with van der Waals surface area (Å²) in [6, 6.07) is 2.69. The zero-order valence-corrected chi connectivity index (χ0v) is 12.4. The summed E-state index contributed by atoms with van der Waals surface area (Å²) in [6.45, 7) is -0.426. The molecule has 8 heteroatoms. The van der Waals surface area contributed by atoms with Crippen molar-refractivity contribution in [1.29, 1.82) is 0 Å². The highest BCUT2D eigenvalue weighted by Crippen LogP contribution is 2.26. The third-order valence-electron chi connectivity index (χ3n) is 3.13. The van der Waals surface area contributed by atoms with Crippen molar-refractivity contribution >= 4 is 27.8 Å². The number of hydrogen-bond donors (Lipinski definition) is 2. The van der Waals surface area contributed by atoms with Crippen molar-refractivity contribution in [3.05, 3.63) is 28.5 Å². The lowest BCUT2D eigenvalue weighted by atomic mass is 10.2. The second-order valence-corrected chi connectivity index (χ2v) is 5.51. The number of likely N-dealkylation sites (tertiary alicyclic amines) is 1. The highest BCUT2D eigenvalue weighted by atomic mass is 79.9. The van der Waals surface area contributed by atoms with E-state index in [-0.39, 0.29) is 25.3 Å². The van der Waals surface area contributed by atoms with Gasteiger partial charge in [0, 0.05) is 13.0 Å². The van der Waals surface area contributed by atoms with Crippen molar-refractivity contribution in [3.8, 4) is 5.75 Å². The molecular weight excluding hydrogens is 349 g/mol. The lowest BCUT2D eigenvalue weighted by molar-refractivity contribution is -0.149. The maximum Gasteiger partial charge on any atom is 0.326 e. The molecule has 0 radical (unpaired) electrons. The Morgan fingerprint density at radius 1 is 1.48 bits per heavy atom. The Kier molecular flexibility index (Phi) is 4.79. The Labute approximate surface area is 128 Å². The summed E-state index contributed by atoms with van der Waals surface area (Å²) in [4.78, 5) is 24.1. The molecule has 1 fully saturated rings. The predicted molar refractivity (Wildman–Crippen MR) is 73.4 cm³/mol. The number of carboxylic acids is 1. The van der Waals surface area contributed by atoms with Crippen LogP contribution >= 0.6 is 15.9 Å². The fourth-order valence-electron chi connectivity index (χ4n) is 2.14. The number of aliphatic hydroxyl groups excluding tert-OH is 1. The van der Waals surface area contributed by atoms with Crippen LogP contribution in [0.15, 0.2) is 22.7 Å². The number of aliphatic hydroxyl groups is 1. The molecule has 1 aliphatic rings. The fourth-order valence-corrected chi connectivity index (χ4v) is 2.60. The van der Waals surface area contributed by atoms with Gasteiger partial charge in [-0.15, -0.1) is 0 Å². The van der Waals surface area contributed by atoms with Crippen LogP contribution in [0, 0.1) is 5.82 Å². The average Bonchev–Trinajstić information content (AvgIpc) is 2.80. The van der Waals surface area contributed by atoms with Gasteiger partial charge in [0.05, 0.1) is 10.6 Å². The van der Waals surface area contributed by atoms with Crippen LogP contribution in [0.1, 0.15) is 6.42 Å². The Balaban J connectivity index is 1.99. The molecule has 2 atom stereocenters. The average molecular weight is 362 g/mol. The van der Waals surface area contributed by atoms with E-state index in [4.69, 9.17) is 9.84 Å². The van der Waals surface area contributed by atoms with E-state index in [9.17, 15) is 19.1 Å². The number of carboxylic acid groups (broad SMARTS) is 1. The van der Waals surface area contributed by atoms with Crippen LogP contribution in [0.4, 0.5) is 4.39 Å². The number of amides is 1. The lowest BCUT2D eigenvalue weighted by Gasteiger charge is -2.21. The van der Waals surface area contributed by atoms with Gasteiger partial charge < -0.3 is 19.8 Å². The molecule has 0 aromatic heterocycles. The summed E-state index contributed by atoms with van der Waals surface area (Å²) in [5.41, 5.74) is 0. The molecule has 2 N–H and O–H groups in total. The van der Waals surface area contributed by atoms with Gasteiger partial charge in [0.15, 0.2) is 6.61 Å². The molecule has 0 spiro atoms. The molecule has 0 bridgehead atoms. The van der Waals surface area contributed by atoms with Crippen LogP contribution in [0.25, 0.3) is 0 Å². The molecule has 2 rings (SSSR count). The second-order valence-electron chi connectivity index (χ2n) is 4.65. The summed E-state index contributed by atoms with van der Waals surface area (Å²) in [5.74, 6) is -1.89. The molecule has 6 nitrogen and oxygen atoms in total. The van der Waals surface area contributed by atoms with E-state index in [0.29, 0.717) is 4.47 Å². The van der Waals surface area contributed by atoms with Gasteiger partial charge in [-0.1, -0.05) is 0 Å². The monoisotopic (exact) mass is 361 g/mol. The van der Waals surface area contributed by atoms with Crippen LogP contribution in [-0.2, 0) is 9.59 Å². The van der Waals surface area contributed by atoms with E-state index in [1.165, 1.54) is 18.2 Å². The second kappa shape index (κ2) is 6.40. The van der Waals surface area contributed by atoms with Crippen LogP contribution in [-0.4, -0.2) is 52.3 Å². The van der Waals surface area contributed by atoms with E-state index in [1.807, 2.05) is 0 Å². The van der Waals surface area contributed by atoms with Gasteiger partial charge in [-0.25, -0.2) is 9.18 Å². The van der Waals surface area contributed by atoms with Gasteiger partial charge >= 0.3 is 5.97 Å². The minimum Gasteiger partial charge on any atom is -0.483 e. The Morgan fingerprint density at radius 3 is 2.81 bits per heavy atom. The number of hydrogen-bond acceptors (Lipinski definition) is 4. The largest absolute Gasteiger partial charge is 0.483 e. The summed E-state index contributed by atoms with van der Waals surface area (Å²) in [5, 5.41) is 18.5. The Bertz CT molecular complexity index is 567. The van der Waals surface area contributed by atoms with Crippen LogP contribution in [0.3, 0.4) is 0 Å².